The number of hydrogen-bond donors (Lipinski definition) is 0. The fourth-order valence-electron chi connectivity index (χ4n) is 4.19. The summed E-state index contributed by atoms with van der Waals surface area (Å²) in [5.74, 6) is -2.23. The maximum atomic E-state index is 14.7. The molecule has 11 heteroatoms. The van der Waals surface area contributed by atoms with Crippen molar-refractivity contribution in [2.75, 3.05) is 36.8 Å². The molecule has 1 fully saturated rings. The highest BCUT2D eigenvalue weighted by Crippen LogP contribution is 2.25. The van der Waals surface area contributed by atoms with E-state index in [4.69, 9.17) is 11.6 Å². The second kappa shape index (κ2) is 10.5. The van der Waals surface area contributed by atoms with Crippen LogP contribution in [0.25, 0.3) is 16.6 Å². The number of benzene rings is 3. The van der Waals surface area contributed by atoms with Crippen molar-refractivity contribution >= 4 is 45.9 Å². The van der Waals surface area contributed by atoms with Crippen LogP contribution in [0.4, 0.5) is 18.9 Å². The van der Waals surface area contributed by atoms with Gasteiger partial charge < -0.3 is 9.80 Å². The summed E-state index contributed by atoms with van der Waals surface area (Å²) in [5, 5.41) is 0.584. The lowest BCUT2D eigenvalue weighted by Crippen LogP contribution is -2.49. The summed E-state index contributed by atoms with van der Waals surface area (Å²) in [4.78, 5) is 34.6. The molecule has 1 saturated heterocycles. The number of carbonyl (C=O) groups excluding carboxylic acids is 1. The van der Waals surface area contributed by atoms with Crippen molar-refractivity contribution < 1.29 is 18.0 Å². The number of piperazine rings is 1. The summed E-state index contributed by atoms with van der Waals surface area (Å²) in [7, 11) is 0. The van der Waals surface area contributed by atoms with E-state index in [2.05, 4.69) is 9.88 Å². The van der Waals surface area contributed by atoms with Gasteiger partial charge >= 0.3 is 0 Å². The lowest BCUT2D eigenvalue weighted by Gasteiger charge is -2.36. The molecule has 0 saturated carbocycles. The minimum Gasteiger partial charge on any atom is -0.368 e. The van der Waals surface area contributed by atoms with Crippen molar-refractivity contribution in [1.29, 1.82) is 0 Å². The first-order valence-electron chi connectivity index (χ1n) is 11.4. The van der Waals surface area contributed by atoms with E-state index in [1.54, 1.807) is 29.2 Å². The molecule has 0 unspecified atom stereocenters. The van der Waals surface area contributed by atoms with E-state index >= 15 is 0 Å². The van der Waals surface area contributed by atoms with Crippen LogP contribution in [0.3, 0.4) is 0 Å². The minimum atomic E-state index is -0.935. The summed E-state index contributed by atoms with van der Waals surface area (Å²) >= 11 is 7.05. The van der Waals surface area contributed by atoms with E-state index < -0.39 is 17.2 Å². The number of rotatable bonds is 5. The van der Waals surface area contributed by atoms with E-state index in [1.165, 1.54) is 18.2 Å². The van der Waals surface area contributed by atoms with Gasteiger partial charge in [-0.2, -0.15) is 0 Å². The van der Waals surface area contributed by atoms with E-state index in [-0.39, 0.29) is 33.7 Å². The van der Waals surface area contributed by atoms with Crippen molar-refractivity contribution in [3.8, 4) is 5.69 Å². The van der Waals surface area contributed by atoms with Gasteiger partial charge in [-0.25, -0.2) is 18.2 Å². The number of hydrogen-bond acceptors (Lipinski definition) is 5. The highest BCUT2D eigenvalue weighted by atomic mass is 35.5. The fraction of sp³-hybridized carbons (Fsp3) is 0.192. The Morgan fingerprint density at radius 2 is 1.62 bits per heavy atom. The van der Waals surface area contributed by atoms with Crippen molar-refractivity contribution in [2.24, 2.45) is 0 Å². The molecule has 0 atom stereocenters. The number of anilines is 1. The molecule has 1 aromatic heterocycles. The number of halogens is 4. The third-order valence-electron chi connectivity index (χ3n) is 6.10. The Morgan fingerprint density at radius 1 is 0.919 bits per heavy atom. The number of carbonyl (C=O) groups is 1. The molecule has 5 rings (SSSR count). The van der Waals surface area contributed by atoms with Gasteiger partial charge in [-0.1, -0.05) is 23.4 Å². The molecule has 1 amide bonds. The van der Waals surface area contributed by atoms with Crippen LogP contribution in [0.1, 0.15) is 0 Å². The van der Waals surface area contributed by atoms with Crippen LogP contribution in [-0.4, -0.2) is 52.3 Å². The maximum Gasteiger partial charge on any atom is 0.266 e. The lowest BCUT2D eigenvalue weighted by atomic mass is 10.2. The number of thioether (sulfide) groups is 1. The second-order valence-electron chi connectivity index (χ2n) is 8.43. The van der Waals surface area contributed by atoms with Gasteiger partial charge in [-0.3, -0.25) is 14.2 Å². The summed E-state index contributed by atoms with van der Waals surface area (Å²) in [6, 6.07) is 13.7. The van der Waals surface area contributed by atoms with Gasteiger partial charge in [-0.05, 0) is 54.6 Å². The Labute approximate surface area is 219 Å². The number of aromatic nitrogens is 2. The number of nitrogens with zero attached hydrogens (tertiary/aromatic N) is 4. The molecule has 3 aromatic carbocycles. The molecule has 0 aliphatic carbocycles. The quantitative estimate of drug-likeness (QED) is 0.264. The third-order valence-corrected chi connectivity index (χ3v) is 7.26. The van der Waals surface area contributed by atoms with Crippen molar-refractivity contribution in [3.05, 3.63) is 93.5 Å². The molecule has 1 aliphatic heterocycles. The molecule has 1 aliphatic rings. The van der Waals surface area contributed by atoms with Gasteiger partial charge in [0.05, 0.1) is 22.3 Å². The average molecular weight is 545 g/mol. The zero-order valence-electron chi connectivity index (χ0n) is 19.3. The predicted molar refractivity (Wildman–Crippen MR) is 138 cm³/mol. The van der Waals surface area contributed by atoms with Gasteiger partial charge in [-0.15, -0.1) is 0 Å². The summed E-state index contributed by atoms with van der Waals surface area (Å²) < 4.78 is 42.5. The monoisotopic (exact) mass is 544 g/mol. The molecule has 4 aromatic rings. The topological polar surface area (TPSA) is 58.4 Å². The van der Waals surface area contributed by atoms with Crippen LogP contribution in [0.15, 0.2) is 70.6 Å². The van der Waals surface area contributed by atoms with Crippen LogP contribution >= 0.6 is 23.4 Å². The number of fused-ring (bicyclic) bond motifs is 1. The fourth-order valence-corrected chi connectivity index (χ4v) is 5.27. The molecule has 6 nitrogen and oxygen atoms in total. The first-order valence-corrected chi connectivity index (χ1v) is 12.8. The Kier molecular flexibility index (Phi) is 7.12. The highest BCUT2D eigenvalue weighted by molar-refractivity contribution is 7.99. The van der Waals surface area contributed by atoms with Gasteiger partial charge in [0, 0.05) is 43.0 Å². The van der Waals surface area contributed by atoms with E-state index in [1.807, 2.05) is 0 Å². The predicted octanol–water partition coefficient (Wildman–Crippen LogP) is 4.90. The summed E-state index contributed by atoms with van der Waals surface area (Å²) in [6.45, 7) is 2.12. The molecule has 0 N–H and O–H groups in total. The van der Waals surface area contributed by atoms with Crippen LogP contribution in [0.5, 0.6) is 0 Å². The molecular weight excluding hydrogens is 525 g/mol. The molecular formula is C26H20ClF3N4O2S. The van der Waals surface area contributed by atoms with Crippen LogP contribution in [-0.2, 0) is 4.79 Å². The minimum absolute atomic E-state index is 0.0368. The Bertz CT molecular complexity index is 1540. The summed E-state index contributed by atoms with van der Waals surface area (Å²) in [5.41, 5.74) is 0.467. The van der Waals surface area contributed by atoms with Crippen LogP contribution in [0.2, 0.25) is 5.02 Å². The van der Waals surface area contributed by atoms with Gasteiger partial charge in [0.1, 0.15) is 17.5 Å². The highest BCUT2D eigenvalue weighted by Gasteiger charge is 2.23. The van der Waals surface area contributed by atoms with Crippen molar-refractivity contribution in [2.45, 2.75) is 5.16 Å². The Hall–Kier alpha value is -3.50. The Balaban J connectivity index is 1.37. The third kappa shape index (κ3) is 5.30. The zero-order valence-corrected chi connectivity index (χ0v) is 20.9. The molecule has 0 radical (unpaired) electrons. The van der Waals surface area contributed by atoms with Crippen molar-refractivity contribution in [1.82, 2.24) is 14.5 Å². The first kappa shape index (κ1) is 25.2. The molecule has 0 bridgehead atoms. The first-order chi connectivity index (χ1) is 17.8. The standard InChI is InChI=1S/C26H20ClF3N4O2S/c27-16-1-7-22-20(13-16)25(36)34(23-8-4-18(29)14-21(23)30)26(31-22)37-15-24(35)33-11-9-32(10-12-33)19-5-2-17(28)3-6-19/h1-8,13-14H,9-12,15H2. The van der Waals surface area contributed by atoms with E-state index in [0.717, 1.165) is 34.1 Å². The molecule has 2 heterocycles. The second-order valence-corrected chi connectivity index (χ2v) is 9.80. The van der Waals surface area contributed by atoms with Gasteiger partial charge in [0.2, 0.25) is 5.91 Å². The van der Waals surface area contributed by atoms with Gasteiger partial charge in [0.25, 0.3) is 5.56 Å². The largest absolute Gasteiger partial charge is 0.368 e. The Morgan fingerprint density at radius 3 is 2.32 bits per heavy atom. The lowest BCUT2D eigenvalue weighted by molar-refractivity contribution is -0.128. The molecule has 37 heavy (non-hydrogen) atoms. The summed E-state index contributed by atoms with van der Waals surface area (Å²) in [6.07, 6.45) is 0. The molecule has 0 spiro atoms. The molecule has 190 valence electrons. The van der Waals surface area contributed by atoms with E-state index in [0.29, 0.717) is 42.8 Å². The van der Waals surface area contributed by atoms with Crippen LogP contribution < -0.4 is 10.5 Å². The maximum absolute atomic E-state index is 14.7. The number of amides is 1. The zero-order chi connectivity index (χ0) is 26.1. The normalized spacial score (nSPS) is 13.8. The van der Waals surface area contributed by atoms with E-state index in [9.17, 15) is 22.8 Å². The van der Waals surface area contributed by atoms with Crippen molar-refractivity contribution in [3.63, 3.8) is 0 Å². The van der Waals surface area contributed by atoms with Gasteiger partial charge in [0.15, 0.2) is 5.16 Å². The van der Waals surface area contributed by atoms with Crippen LogP contribution in [0, 0.1) is 17.5 Å². The average Bonchev–Trinajstić information content (AvgIpc) is 2.89. The smallest absolute Gasteiger partial charge is 0.266 e. The SMILES string of the molecule is O=C(CSc1nc2ccc(Cl)cc2c(=O)n1-c1ccc(F)cc1F)N1CCN(c2ccc(F)cc2)CC1.